The molecule has 6 heteroatoms. The topological polar surface area (TPSA) is 32.3 Å². The average molecular weight is 501 g/mol. The van der Waals surface area contributed by atoms with Gasteiger partial charge in [0.05, 0.1) is 0 Å². The molecule has 3 aromatic carbocycles. The molecule has 0 atom stereocenters. The van der Waals surface area contributed by atoms with Gasteiger partial charge in [0.2, 0.25) is 0 Å². The minimum Gasteiger partial charge on any atom is -0.400 e. The maximum absolute atomic E-state index is 12.3. The van der Waals surface area contributed by atoms with Crippen molar-refractivity contribution in [2.75, 3.05) is 24.3 Å². The first-order valence-corrected chi connectivity index (χ1v) is 10.8. The van der Waals surface area contributed by atoms with Crippen LogP contribution in [0.25, 0.3) is 0 Å². The molecule has 0 saturated heterocycles. The third-order valence-corrected chi connectivity index (χ3v) is 5.67. The van der Waals surface area contributed by atoms with Crippen molar-refractivity contribution in [1.82, 2.24) is 4.90 Å². The van der Waals surface area contributed by atoms with Crippen LogP contribution in [-0.4, -0.2) is 29.8 Å². The van der Waals surface area contributed by atoms with Gasteiger partial charge in [0.25, 0.3) is 0 Å². The fourth-order valence-corrected chi connectivity index (χ4v) is 3.72. The molecule has 0 heterocycles. The van der Waals surface area contributed by atoms with Crippen molar-refractivity contribution >= 4 is 39.3 Å². The third-order valence-electron chi connectivity index (χ3n) is 3.98. The molecule has 0 radical (unpaired) electrons. The molecule has 3 rings (SSSR count). The molecule has 3 nitrogen and oxygen atoms in total. The first-order valence-electron chi connectivity index (χ1n) is 8.98. The van der Waals surface area contributed by atoms with Crippen LogP contribution >= 0.6 is 27.7 Å². The molecule has 1 N–H and O–H groups in total. The van der Waals surface area contributed by atoms with Gasteiger partial charge in [0, 0.05) is 10.3 Å². The first kappa shape index (κ1) is 24.7. The van der Waals surface area contributed by atoms with E-state index in [9.17, 15) is 4.79 Å². The van der Waals surface area contributed by atoms with E-state index in [-0.39, 0.29) is 23.0 Å². The van der Waals surface area contributed by atoms with E-state index in [2.05, 4.69) is 40.0 Å². The summed E-state index contributed by atoms with van der Waals surface area (Å²) in [6.07, 6.45) is 0. The number of hydrogen-bond acceptors (Lipinski definition) is 3. The molecule has 0 unspecified atom stereocenters. The standard InChI is InChI=1S/C17H20BrN2OS.C5H5.Fe/c1-3-20(4-2)12-22-16-7-5-6-15(16)19-17(21)13-8-10-14(18)11-9-13;1-2-4-5-3-1;/h5-11H,3-4,12H2,1-2H3,(H,19,21);1-5H;/q2*-1;+2. The summed E-state index contributed by atoms with van der Waals surface area (Å²) in [4.78, 5) is 15.7. The van der Waals surface area contributed by atoms with Crippen molar-refractivity contribution in [2.24, 2.45) is 0 Å². The van der Waals surface area contributed by atoms with E-state index in [0.717, 1.165) is 34.0 Å². The average Bonchev–Trinajstić information content (AvgIpc) is 3.38. The van der Waals surface area contributed by atoms with Crippen LogP contribution in [0.2, 0.25) is 0 Å². The molecule has 28 heavy (non-hydrogen) atoms. The molecule has 1 amide bonds. The van der Waals surface area contributed by atoms with Gasteiger partial charge < -0.3 is 10.1 Å². The van der Waals surface area contributed by atoms with Crippen LogP contribution in [0.15, 0.2) is 82.2 Å². The van der Waals surface area contributed by atoms with Crippen LogP contribution in [0.1, 0.15) is 24.2 Å². The summed E-state index contributed by atoms with van der Waals surface area (Å²) < 4.78 is 0.966. The molecule has 0 saturated carbocycles. The van der Waals surface area contributed by atoms with Gasteiger partial charge in [-0.25, -0.2) is 12.1 Å². The fourth-order valence-electron chi connectivity index (χ4n) is 2.32. The van der Waals surface area contributed by atoms with Crippen LogP contribution in [0, 0.1) is 0 Å². The van der Waals surface area contributed by atoms with E-state index in [1.807, 2.05) is 72.8 Å². The summed E-state index contributed by atoms with van der Waals surface area (Å²) in [5.74, 6) is 0.849. The SMILES string of the molecule is CCN(CC)CSc1ccc[c-]1NC(=O)c1ccc(Br)cc1.[Fe+2].c1cc[cH-]c1. The minimum absolute atomic E-state index is 0. The van der Waals surface area contributed by atoms with E-state index in [4.69, 9.17) is 0 Å². The number of amides is 1. The van der Waals surface area contributed by atoms with Gasteiger partial charge in [-0.1, -0.05) is 46.8 Å². The van der Waals surface area contributed by atoms with Gasteiger partial charge in [-0.15, -0.1) is 17.8 Å². The Balaban J connectivity index is 0.000000567. The largest absolute Gasteiger partial charge is 2.00 e. The number of nitrogens with one attached hydrogen (secondary N) is 1. The number of carbonyl (C=O) groups excluding carboxylic acids is 1. The number of rotatable bonds is 7. The summed E-state index contributed by atoms with van der Waals surface area (Å²) in [5, 5.41) is 2.99. The summed E-state index contributed by atoms with van der Waals surface area (Å²) in [7, 11) is 0. The summed E-state index contributed by atoms with van der Waals surface area (Å²) in [6.45, 7) is 6.38. The zero-order valence-corrected chi connectivity index (χ0v) is 19.6. The Hall–Kier alpha value is -1.30. The number of benzene rings is 1. The quantitative estimate of drug-likeness (QED) is 0.181. The van der Waals surface area contributed by atoms with Gasteiger partial charge in [0.15, 0.2) is 5.91 Å². The zero-order chi connectivity index (χ0) is 19.5. The molecule has 150 valence electrons. The normalized spacial score (nSPS) is 10.0. The molecule has 0 aliphatic carbocycles. The predicted octanol–water partition coefficient (Wildman–Crippen LogP) is 6.21. The van der Waals surface area contributed by atoms with E-state index in [0.29, 0.717) is 5.56 Å². The Morgan fingerprint density at radius 3 is 2.29 bits per heavy atom. The summed E-state index contributed by atoms with van der Waals surface area (Å²) >= 11 is 5.13. The van der Waals surface area contributed by atoms with Gasteiger partial charge >= 0.3 is 17.1 Å². The van der Waals surface area contributed by atoms with Crippen molar-refractivity contribution in [3.8, 4) is 0 Å². The number of hydrogen-bond donors (Lipinski definition) is 1. The van der Waals surface area contributed by atoms with E-state index in [1.165, 1.54) is 0 Å². The van der Waals surface area contributed by atoms with E-state index in [1.54, 1.807) is 11.8 Å². The molecular formula is C22H25BrFeN2OS. The van der Waals surface area contributed by atoms with Crippen LogP contribution < -0.4 is 5.32 Å². The van der Waals surface area contributed by atoms with Crippen LogP contribution in [0.4, 0.5) is 5.69 Å². The predicted molar refractivity (Wildman–Crippen MR) is 120 cm³/mol. The summed E-state index contributed by atoms with van der Waals surface area (Å²) in [6, 6.07) is 23.3. The Kier molecular flexibility index (Phi) is 12.2. The molecular weight excluding hydrogens is 476 g/mol. The van der Waals surface area contributed by atoms with Crippen molar-refractivity contribution in [1.29, 1.82) is 0 Å². The number of thioether (sulfide) groups is 1. The monoisotopic (exact) mass is 500 g/mol. The van der Waals surface area contributed by atoms with Crippen LogP contribution in [-0.2, 0) is 17.1 Å². The van der Waals surface area contributed by atoms with Crippen molar-refractivity contribution in [3.63, 3.8) is 0 Å². The Bertz CT molecular complexity index is 766. The second-order valence-corrected chi connectivity index (χ2v) is 7.71. The Morgan fingerprint density at radius 2 is 1.75 bits per heavy atom. The maximum atomic E-state index is 12.3. The van der Waals surface area contributed by atoms with E-state index >= 15 is 0 Å². The van der Waals surface area contributed by atoms with Crippen LogP contribution in [0.3, 0.4) is 0 Å². The maximum Gasteiger partial charge on any atom is 2.00 e. The molecule has 0 aliphatic rings. The smallest absolute Gasteiger partial charge is 0.400 e. The van der Waals surface area contributed by atoms with Gasteiger partial charge in [-0.3, -0.25) is 4.90 Å². The molecule has 3 aromatic rings. The molecule has 0 aromatic heterocycles. The summed E-state index contributed by atoms with van der Waals surface area (Å²) in [5.41, 5.74) is 1.54. The van der Waals surface area contributed by atoms with Gasteiger partial charge in [-0.2, -0.15) is 30.3 Å². The number of carbonyl (C=O) groups is 1. The second-order valence-electron chi connectivity index (χ2n) is 5.80. The zero-order valence-electron chi connectivity index (χ0n) is 16.0. The number of halogens is 1. The third kappa shape index (κ3) is 8.38. The Morgan fingerprint density at radius 1 is 1.11 bits per heavy atom. The van der Waals surface area contributed by atoms with Crippen molar-refractivity contribution in [3.05, 3.63) is 82.8 Å². The minimum atomic E-state index is -0.0802. The van der Waals surface area contributed by atoms with Crippen molar-refractivity contribution < 1.29 is 21.9 Å². The van der Waals surface area contributed by atoms with E-state index < -0.39 is 0 Å². The first-order chi connectivity index (χ1) is 13.1. The fraction of sp³-hybridized carbons (Fsp3) is 0.227. The second kappa shape index (κ2) is 13.8. The molecule has 0 bridgehead atoms. The van der Waals surface area contributed by atoms with Crippen LogP contribution in [0.5, 0.6) is 0 Å². The number of anilines is 1. The molecule has 0 fully saturated rings. The molecule has 0 spiro atoms. The van der Waals surface area contributed by atoms with Gasteiger partial charge in [0.1, 0.15) is 0 Å². The Labute approximate surface area is 191 Å². The van der Waals surface area contributed by atoms with Crippen molar-refractivity contribution in [2.45, 2.75) is 18.7 Å². The molecule has 0 aliphatic heterocycles. The number of nitrogens with zero attached hydrogens (tertiary/aromatic N) is 1. The van der Waals surface area contributed by atoms with Gasteiger partial charge in [-0.05, 0) is 36.5 Å².